The van der Waals surface area contributed by atoms with E-state index in [1.807, 2.05) is 20.8 Å². The van der Waals surface area contributed by atoms with Gasteiger partial charge in [-0.2, -0.15) is 8.78 Å². The first-order valence-corrected chi connectivity index (χ1v) is 7.94. The number of benzene rings is 1. The third-order valence-electron chi connectivity index (χ3n) is 4.86. The first-order chi connectivity index (χ1) is 11.2. The number of carbonyl (C=O) groups excluding carboxylic acids is 1. The Morgan fingerprint density at radius 1 is 1.40 bits per heavy atom. The molecule has 0 heterocycles. The molecule has 0 saturated heterocycles. The van der Waals surface area contributed by atoms with Crippen molar-refractivity contribution >= 4 is 18.3 Å². The van der Waals surface area contributed by atoms with Gasteiger partial charge in [0.2, 0.25) is 5.91 Å². The van der Waals surface area contributed by atoms with Crippen LogP contribution < -0.4 is 15.8 Å². The normalized spacial score (nSPS) is 24.2. The lowest BCUT2D eigenvalue weighted by Gasteiger charge is -2.57. The van der Waals surface area contributed by atoms with E-state index in [9.17, 15) is 13.6 Å². The van der Waals surface area contributed by atoms with Crippen LogP contribution in [0.5, 0.6) is 5.75 Å². The van der Waals surface area contributed by atoms with E-state index in [0.717, 1.165) is 0 Å². The Morgan fingerprint density at radius 3 is 2.60 bits per heavy atom. The van der Waals surface area contributed by atoms with Gasteiger partial charge in [-0.15, -0.1) is 12.4 Å². The predicted molar refractivity (Wildman–Crippen MR) is 92.9 cm³/mol. The molecule has 1 saturated carbocycles. The molecule has 1 amide bonds. The molecule has 0 aliphatic heterocycles. The summed E-state index contributed by atoms with van der Waals surface area (Å²) in [5.74, 6) is -0.283. The molecule has 1 aliphatic carbocycles. The van der Waals surface area contributed by atoms with E-state index in [2.05, 4.69) is 10.1 Å². The fourth-order valence-corrected chi connectivity index (χ4v) is 3.01. The number of nitrogens with one attached hydrogen (secondary N) is 1. The minimum absolute atomic E-state index is 0. The maximum Gasteiger partial charge on any atom is 0.387 e. The minimum atomic E-state index is -2.92. The second-order valence-electron chi connectivity index (χ2n) is 6.51. The summed E-state index contributed by atoms with van der Waals surface area (Å²) in [5.41, 5.74) is 5.19. The van der Waals surface area contributed by atoms with Crippen LogP contribution in [0.25, 0.3) is 0 Å². The van der Waals surface area contributed by atoms with Gasteiger partial charge in [-0.3, -0.25) is 4.79 Å². The average Bonchev–Trinajstić information content (AvgIpc) is 2.52. The van der Waals surface area contributed by atoms with Crippen molar-refractivity contribution in [2.24, 2.45) is 11.1 Å². The van der Waals surface area contributed by atoms with Crippen LogP contribution in [0.15, 0.2) is 24.3 Å². The zero-order valence-electron chi connectivity index (χ0n) is 14.6. The number of halogens is 3. The predicted octanol–water partition coefficient (Wildman–Crippen LogP) is 2.86. The summed E-state index contributed by atoms with van der Waals surface area (Å²) in [6, 6.07) is 6.34. The number of alkyl halides is 2. The number of carbonyl (C=O) groups is 1. The van der Waals surface area contributed by atoms with Crippen LogP contribution in [0.4, 0.5) is 8.78 Å². The molecule has 0 aromatic heterocycles. The SMILES string of the molecule is CCOC1CC(N)(C(=O)NCc2ccccc2OC(F)F)C1(C)C.Cl. The lowest BCUT2D eigenvalue weighted by atomic mass is 9.54. The maximum atomic E-state index is 12.5. The smallest absolute Gasteiger partial charge is 0.387 e. The third-order valence-corrected chi connectivity index (χ3v) is 4.86. The molecule has 5 nitrogen and oxygen atoms in total. The van der Waals surface area contributed by atoms with Crippen LogP contribution in [0, 0.1) is 5.41 Å². The molecule has 0 radical (unpaired) electrons. The molecule has 25 heavy (non-hydrogen) atoms. The number of hydrogen-bond donors (Lipinski definition) is 2. The number of rotatable bonds is 7. The molecule has 0 spiro atoms. The lowest BCUT2D eigenvalue weighted by molar-refractivity contribution is -0.170. The van der Waals surface area contributed by atoms with Crippen LogP contribution in [-0.2, 0) is 16.1 Å². The Kier molecular flexibility index (Phi) is 7.17. The zero-order valence-corrected chi connectivity index (χ0v) is 15.4. The third kappa shape index (κ3) is 4.22. The highest BCUT2D eigenvalue weighted by Gasteiger charge is 2.62. The van der Waals surface area contributed by atoms with Gasteiger partial charge in [-0.1, -0.05) is 32.0 Å². The summed E-state index contributed by atoms with van der Waals surface area (Å²) in [6.07, 6.45) is 0.349. The molecule has 3 N–H and O–H groups in total. The molecule has 2 atom stereocenters. The van der Waals surface area contributed by atoms with Crippen molar-refractivity contribution in [1.82, 2.24) is 5.32 Å². The van der Waals surface area contributed by atoms with Crippen molar-refractivity contribution in [3.63, 3.8) is 0 Å². The molecule has 8 heteroatoms. The van der Waals surface area contributed by atoms with Gasteiger partial charge in [-0.05, 0) is 13.0 Å². The maximum absolute atomic E-state index is 12.5. The number of para-hydroxylation sites is 1. The summed E-state index contributed by atoms with van der Waals surface area (Å²) in [5, 5.41) is 2.73. The summed E-state index contributed by atoms with van der Waals surface area (Å²) >= 11 is 0. The van der Waals surface area contributed by atoms with Crippen molar-refractivity contribution in [2.45, 2.75) is 52.0 Å². The van der Waals surface area contributed by atoms with Crippen LogP contribution in [0.3, 0.4) is 0 Å². The summed E-state index contributed by atoms with van der Waals surface area (Å²) in [6.45, 7) is 3.39. The van der Waals surface area contributed by atoms with Gasteiger partial charge in [0.25, 0.3) is 0 Å². The fourth-order valence-electron chi connectivity index (χ4n) is 3.01. The Balaban J connectivity index is 0.00000312. The molecule has 0 bridgehead atoms. The first-order valence-electron chi connectivity index (χ1n) is 7.94. The number of nitrogens with two attached hydrogens (primary N) is 1. The van der Waals surface area contributed by atoms with Crippen LogP contribution >= 0.6 is 12.4 Å². The summed E-state index contributed by atoms with van der Waals surface area (Å²) < 4.78 is 34.9. The molecule has 142 valence electrons. The van der Waals surface area contributed by atoms with E-state index in [-0.39, 0.29) is 36.7 Å². The van der Waals surface area contributed by atoms with Crippen LogP contribution in [0.2, 0.25) is 0 Å². The van der Waals surface area contributed by atoms with E-state index in [4.69, 9.17) is 10.5 Å². The highest BCUT2D eigenvalue weighted by molar-refractivity contribution is 5.88. The number of ether oxygens (including phenoxy) is 2. The van der Waals surface area contributed by atoms with E-state index >= 15 is 0 Å². The second kappa shape index (κ2) is 8.29. The number of hydrogen-bond acceptors (Lipinski definition) is 4. The topological polar surface area (TPSA) is 73.6 Å². The van der Waals surface area contributed by atoms with E-state index in [0.29, 0.717) is 18.6 Å². The molecule has 2 rings (SSSR count). The molecule has 2 unspecified atom stereocenters. The van der Waals surface area contributed by atoms with Crippen molar-refractivity contribution in [3.8, 4) is 5.75 Å². The molecular weight excluding hydrogens is 354 g/mol. The second-order valence-corrected chi connectivity index (χ2v) is 6.51. The standard InChI is InChI=1S/C17H24F2N2O3.ClH/c1-4-23-13-9-17(20,16(13,2)3)14(22)21-10-11-7-5-6-8-12(11)24-15(18)19;/h5-8,13,15H,4,9-10,20H2,1-3H3,(H,21,22);1H. The fraction of sp³-hybridized carbons (Fsp3) is 0.588. The highest BCUT2D eigenvalue weighted by atomic mass is 35.5. The Bertz CT molecular complexity index is 601. The van der Waals surface area contributed by atoms with Gasteiger partial charge in [0.15, 0.2) is 0 Å². The molecule has 1 fully saturated rings. The van der Waals surface area contributed by atoms with E-state index < -0.39 is 17.6 Å². The lowest BCUT2D eigenvalue weighted by Crippen LogP contribution is -2.75. The monoisotopic (exact) mass is 378 g/mol. The molecule has 1 aliphatic rings. The van der Waals surface area contributed by atoms with Gasteiger partial charge in [0.05, 0.1) is 6.10 Å². The van der Waals surface area contributed by atoms with Crippen molar-refractivity contribution in [3.05, 3.63) is 29.8 Å². The Hall–Kier alpha value is -1.44. The van der Waals surface area contributed by atoms with Crippen molar-refractivity contribution < 1.29 is 23.0 Å². The Morgan fingerprint density at radius 2 is 2.04 bits per heavy atom. The van der Waals surface area contributed by atoms with Crippen LogP contribution in [0.1, 0.15) is 32.8 Å². The van der Waals surface area contributed by atoms with Crippen molar-refractivity contribution in [1.29, 1.82) is 0 Å². The van der Waals surface area contributed by atoms with E-state index in [1.165, 1.54) is 6.07 Å². The van der Waals surface area contributed by atoms with Gasteiger partial charge in [0.1, 0.15) is 11.3 Å². The molecule has 1 aromatic carbocycles. The first kappa shape index (κ1) is 21.6. The van der Waals surface area contributed by atoms with Crippen molar-refractivity contribution in [2.75, 3.05) is 6.61 Å². The molecular formula is C17H25ClF2N2O3. The molecule has 1 aromatic rings. The quantitative estimate of drug-likeness (QED) is 0.765. The minimum Gasteiger partial charge on any atom is -0.434 e. The van der Waals surface area contributed by atoms with Gasteiger partial charge in [0, 0.05) is 30.6 Å². The van der Waals surface area contributed by atoms with Gasteiger partial charge in [-0.25, -0.2) is 0 Å². The summed E-state index contributed by atoms with van der Waals surface area (Å²) in [4.78, 5) is 12.5. The average molecular weight is 379 g/mol. The summed E-state index contributed by atoms with van der Waals surface area (Å²) in [7, 11) is 0. The Labute approximate surface area is 152 Å². The number of amides is 1. The zero-order chi connectivity index (χ0) is 18.0. The van der Waals surface area contributed by atoms with E-state index in [1.54, 1.807) is 18.2 Å². The highest BCUT2D eigenvalue weighted by Crippen LogP contribution is 2.49. The largest absolute Gasteiger partial charge is 0.434 e. The van der Waals surface area contributed by atoms with Gasteiger partial charge < -0.3 is 20.5 Å². The van der Waals surface area contributed by atoms with Crippen LogP contribution in [-0.4, -0.2) is 30.8 Å². The van der Waals surface area contributed by atoms with Gasteiger partial charge >= 0.3 is 6.61 Å².